The minimum absolute atomic E-state index is 0.232. The average molecular weight is 238 g/mol. The maximum atomic E-state index is 13.5. The lowest BCUT2D eigenvalue weighted by Crippen LogP contribution is -2.53. The molecule has 0 aliphatic carbocycles. The molecule has 0 unspecified atom stereocenters. The molecule has 1 heterocycles. The second kappa shape index (κ2) is 5.01. The van der Waals surface area contributed by atoms with E-state index >= 15 is 0 Å². The zero-order valence-electron chi connectivity index (χ0n) is 9.40. The van der Waals surface area contributed by atoms with Crippen molar-refractivity contribution in [1.82, 2.24) is 10.3 Å². The Morgan fingerprint density at radius 3 is 2.47 bits per heavy atom. The maximum Gasteiger partial charge on any atom is 0.331 e. The first-order valence-electron chi connectivity index (χ1n) is 5.47. The molecule has 1 aliphatic heterocycles. The zero-order valence-corrected chi connectivity index (χ0v) is 9.40. The number of amides is 2. The molecule has 17 heavy (non-hydrogen) atoms. The third-order valence-electron chi connectivity index (χ3n) is 2.88. The first-order valence-corrected chi connectivity index (χ1v) is 5.47. The number of hydrazine groups is 1. The molecule has 2 rings (SSSR count). The number of hydrogen-bond acceptors (Lipinski definition) is 3. The number of piperazine rings is 1. The number of nitrogens with two attached hydrogens (primary N) is 1. The Labute approximate surface area is 99.0 Å². The second-order valence-corrected chi connectivity index (χ2v) is 3.87. The predicted octanol–water partition coefficient (Wildman–Crippen LogP) is 0.531. The standard InChI is InChI=1S/C11H15FN4O/c12-9-3-1-2-4-10(9)15-5-7-16(8-6-15)11(17)14-13/h1-4H,5-8,13H2,(H,14,17). The van der Waals surface area contributed by atoms with E-state index in [2.05, 4.69) is 5.43 Å². The number of para-hydroxylation sites is 1. The number of nitrogens with zero attached hydrogens (tertiary/aromatic N) is 2. The number of hydrogen-bond donors (Lipinski definition) is 2. The highest BCUT2D eigenvalue weighted by atomic mass is 19.1. The second-order valence-electron chi connectivity index (χ2n) is 3.87. The third-order valence-corrected chi connectivity index (χ3v) is 2.88. The zero-order chi connectivity index (χ0) is 12.3. The van der Waals surface area contributed by atoms with Gasteiger partial charge in [0.1, 0.15) is 5.82 Å². The highest BCUT2D eigenvalue weighted by Gasteiger charge is 2.21. The average Bonchev–Trinajstić information content (AvgIpc) is 2.39. The summed E-state index contributed by atoms with van der Waals surface area (Å²) in [5, 5.41) is 0. The Morgan fingerprint density at radius 2 is 1.88 bits per heavy atom. The molecule has 1 saturated heterocycles. The van der Waals surface area contributed by atoms with Gasteiger partial charge in [0.25, 0.3) is 0 Å². The van der Waals surface area contributed by atoms with Gasteiger partial charge in [-0.25, -0.2) is 15.0 Å². The highest BCUT2D eigenvalue weighted by Crippen LogP contribution is 2.19. The van der Waals surface area contributed by atoms with Crippen LogP contribution in [-0.4, -0.2) is 37.1 Å². The van der Waals surface area contributed by atoms with Crippen LogP contribution in [0.25, 0.3) is 0 Å². The van der Waals surface area contributed by atoms with Gasteiger partial charge >= 0.3 is 6.03 Å². The summed E-state index contributed by atoms with van der Waals surface area (Å²) < 4.78 is 13.5. The van der Waals surface area contributed by atoms with Crippen molar-refractivity contribution in [3.63, 3.8) is 0 Å². The van der Waals surface area contributed by atoms with Crippen LogP contribution in [-0.2, 0) is 0 Å². The molecular weight excluding hydrogens is 223 g/mol. The predicted molar refractivity (Wildman–Crippen MR) is 62.9 cm³/mol. The number of carbonyl (C=O) groups excluding carboxylic acids is 1. The van der Waals surface area contributed by atoms with Crippen LogP contribution >= 0.6 is 0 Å². The van der Waals surface area contributed by atoms with Gasteiger partial charge < -0.3 is 9.80 Å². The summed E-state index contributed by atoms with van der Waals surface area (Å²) in [6.45, 7) is 2.29. The molecular formula is C11H15FN4O. The molecule has 0 spiro atoms. The fraction of sp³-hybridized carbons (Fsp3) is 0.364. The molecule has 5 nitrogen and oxygen atoms in total. The minimum atomic E-state index is -0.293. The van der Waals surface area contributed by atoms with Gasteiger partial charge in [-0.3, -0.25) is 5.43 Å². The molecule has 0 radical (unpaired) electrons. The Bertz CT molecular complexity index is 404. The largest absolute Gasteiger partial charge is 0.366 e. The number of halogens is 1. The van der Waals surface area contributed by atoms with Gasteiger partial charge in [0.15, 0.2) is 0 Å². The molecule has 0 bridgehead atoms. The fourth-order valence-electron chi connectivity index (χ4n) is 1.95. The van der Waals surface area contributed by atoms with Gasteiger partial charge in [-0.05, 0) is 12.1 Å². The van der Waals surface area contributed by atoms with Gasteiger partial charge in [-0.1, -0.05) is 12.1 Å². The van der Waals surface area contributed by atoms with E-state index in [1.54, 1.807) is 23.1 Å². The van der Waals surface area contributed by atoms with Crippen LogP contribution in [0.2, 0.25) is 0 Å². The summed E-state index contributed by atoms with van der Waals surface area (Å²) in [7, 11) is 0. The molecule has 1 aliphatic rings. The summed E-state index contributed by atoms with van der Waals surface area (Å²) in [6, 6.07) is 6.36. The van der Waals surface area contributed by atoms with Crippen LogP contribution in [0, 0.1) is 5.82 Å². The molecule has 1 fully saturated rings. The Balaban J connectivity index is 2.00. The van der Waals surface area contributed by atoms with Crippen LogP contribution in [0.3, 0.4) is 0 Å². The van der Waals surface area contributed by atoms with Crippen LogP contribution in [0.1, 0.15) is 0 Å². The van der Waals surface area contributed by atoms with Crippen molar-refractivity contribution in [2.75, 3.05) is 31.1 Å². The molecule has 2 amide bonds. The smallest absolute Gasteiger partial charge is 0.331 e. The first kappa shape index (κ1) is 11.7. The van der Waals surface area contributed by atoms with E-state index in [4.69, 9.17) is 5.84 Å². The number of benzene rings is 1. The van der Waals surface area contributed by atoms with E-state index in [9.17, 15) is 9.18 Å². The quantitative estimate of drug-likeness (QED) is 0.426. The lowest BCUT2D eigenvalue weighted by Gasteiger charge is -2.35. The van der Waals surface area contributed by atoms with E-state index in [-0.39, 0.29) is 11.8 Å². The van der Waals surface area contributed by atoms with Crippen LogP contribution in [0.5, 0.6) is 0 Å². The summed E-state index contributed by atoms with van der Waals surface area (Å²) in [6.07, 6.45) is 0. The number of carbonyl (C=O) groups is 1. The minimum Gasteiger partial charge on any atom is -0.366 e. The van der Waals surface area contributed by atoms with Gasteiger partial charge in [-0.15, -0.1) is 0 Å². The van der Waals surface area contributed by atoms with Crippen LogP contribution < -0.4 is 16.2 Å². The van der Waals surface area contributed by atoms with Gasteiger partial charge in [0.2, 0.25) is 0 Å². The van der Waals surface area contributed by atoms with Crippen molar-refractivity contribution in [1.29, 1.82) is 0 Å². The summed E-state index contributed by atoms with van der Waals surface area (Å²) in [4.78, 5) is 14.8. The third kappa shape index (κ3) is 2.47. The van der Waals surface area contributed by atoms with Crippen molar-refractivity contribution < 1.29 is 9.18 Å². The highest BCUT2D eigenvalue weighted by molar-refractivity contribution is 5.73. The summed E-state index contributed by atoms with van der Waals surface area (Å²) in [5.41, 5.74) is 2.68. The van der Waals surface area contributed by atoms with Crippen LogP contribution in [0.4, 0.5) is 14.9 Å². The van der Waals surface area contributed by atoms with Gasteiger partial charge in [-0.2, -0.15) is 0 Å². The van der Waals surface area contributed by atoms with E-state index in [0.29, 0.717) is 31.9 Å². The lowest BCUT2D eigenvalue weighted by atomic mass is 10.2. The van der Waals surface area contributed by atoms with Crippen molar-refractivity contribution >= 4 is 11.7 Å². The van der Waals surface area contributed by atoms with Crippen molar-refractivity contribution in [2.24, 2.45) is 5.84 Å². The lowest BCUT2D eigenvalue weighted by molar-refractivity contribution is 0.194. The number of nitrogens with one attached hydrogen (secondary N) is 1. The Kier molecular flexibility index (Phi) is 3.43. The van der Waals surface area contributed by atoms with Crippen molar-refractivity contribution in [2.45, 2.75) is 0 Å². The first-order chi connectivity index (χ1) is 8.22. The van der Waals surface area contributed by atoms with Gasteiger partial charge in [0, 0.05) is 26.2 Å². The van der Waals surface area contributed by atoms with E-state index in [0.717, 1.165) is 0 Å². The molecule has 0 aromatic heterocycles. The molecule has 1 aromatic rings. The summed E-state index contributed by atoms with van der Waals surface area (Å²) >= 11 is 0. The Morgan fingerprint density at radius 1 is 1.24 bits per heavy atom. The fourth-order valence-corrected chi connectivity index (χ4v) is 1.95. The normalized spacial score (nSPS) is 15.9. The molecule has 0 atom stereocenters. The molecule has 92 valence electrons. The summed E-state index contributed by atoms with van der Waals surface area (Å²) in [5.74, 6) is 4.83. The number of urea groups is 1. The maximum absolute atomic E-state index is 13.5. The SMILES string of the molecule is NNC(=O)N1CCN(c2ccccc2F)CC1. The molecule has 6 heteroatoms. The van der Waals surface area contributed by atoms with Crippen molar-refractivity contribution in [3.8, 4) is 0 Å². The topological polar surface area (TPSA) is 61.6 Å². The van der Waals surface area contributed by atoms with E-state index < -0.39 is 0 Å². The van der Waals surface area contributed by atoms with Crippen LogP contribution in [0.15, 0.2) is 24.3 Å². The molecule has 1 aromatic carbocycles. The van der Waals surface area contributed by atoms with E-state index in [1.165, 1.54) is 6.07 Å². The van der Waals surface area contributed by atoms with Gasteiger partial charge in [0.05, 0.1) is 5.69 Å². The molecule has 3 N–H and O–H groups in total. The van der Waals surface area contributed by atoms with Crippen molar-refractivity contribution in [3.05, 3.63) is 30.1 Å². The Hall–Kier alpha value is -1.82. The van der Waals surface area contributed by atoms with E-state index in [1.807, 2.05) is 4.90 Å². The monoisotopic (exact) mass is 238 g/mol. The number of rotatable bonds is 1. The molecule has 0 saturated carbocycles. The number of anilines is 1.